The zero-order chi connectivity index (χ0) is 24.4. The van der Waals surface area contributed by atoms with E-state index in [9.17, 15) is 14.7 Å². The molecular weight excluding hydrogens is 452 g/mol. The highest BCUT2D eigenvalue weighted by molar-refractivity contribution is 5.94. The van der Waals surface area contributed by atoms with Crippen LogP contribution in [0, 0.1) is 0 Å². The molecule has 3 aromatic heterocycles. The molecule has 2 aliphatic rings. The van der Waals surface area contributed by atoms with Crippen LogP contribution in [0.15, 0.2) is 41.3 Å². The maximum Gasteiger partial charge on any atom is 0.263 e. The van der Waals surface area contributed by atoms with Gasteiger partial charge in [0.25, 0.3) is 11.5 Å². The van der Waals surface area contributed by atoms with Crippen molar-refractivity contribution in [2.75, 3.05) is 38.7 Å². The maximum absolute atomic E-state index is 12.5. The predicted molar refractivity (Wildman–Crippen MR) is 129 cm³/mol. The first-order valence-electron chi connectivity index (χ1n) is 11.6. The van der Waals surface area contributed by atoms with Crippen molar-refractivity contribution in [3.8, 4) is 11.5 Å². The van der Waals surface area contributed by atoms with Crippen molar-refractivity contribution in [1.29, 1.82) is 0 Å². The highest BCUT2D eigenvalue weighted by Gasteiger charge is 2.27. The van der Waals surface area contributed by atoms with E-state index in [1.807, 2.05) is 12.1 Å². The third-order valence-electron chi connectivity index (χ3n) is 6.43. The first-order chi connectivity index (χ1) is 17.0. The summed E-state index contributed by atoms with van der Waals surface area (Å²) in [6, 6.07) is 8.62. The number of nitrogens with zero attached hydrogens (tertiary/aromatic N) is 4. The molecule has 0 radical (unpaired) electrons. The Balaban J connectivity index is 1.17. The molecule has 1 amide bonds. The summed E-state index contributed by atoms with van der Waals surface area (Å²) in [6.07, 6.45) is 1.83. The molecule has 11 heteroatoms. The van der Waals surface area contributed by atoms with Gasteiger partial charge < -0.3 is 29.8 Å². The lowest BCUT2D eigenvalue weighted by Crippen LogP contribution is -2.53. The van der Waals surface area contributed by atoms with Crippen LogP contribution in [0.25, 0.3) is 11.0 Å². The lowest BCUT2D eigenvalue weighted by molar-refractivity contribution is -0.118. The predicted octanol–water partition coefficient (Wildman–Crippen LogP) is 0.356. The van der Waals surface area contributed by atoms with Crippen LogP contribution in [0.3, 0.4) is 0 Å². The first kappa shape index (κ1) is 23.2. The second-order valence-electron chi connectivity index (χ2n) is 8.73. The van der Waals surface area contributed by atoms with Gasteiger partial charge in [-0.2, -0.15) is 0 Å². The third kappa shape index (κ3) is 5.11. The number of carbonyl (C=O) groups is 1. The fourth-order valence-corrected chi connectivity index (χ4v) is 4.51. The molecule has 0 saturated carbocycles. The molecule has 3 aromatic rings. The van der Waals surface area contributed by atoms with Gasteiger partial charge in [0.1, 0.15) is 5.75 Å². The van der Waals surface area contributed by atoms with Gasteiger partial charge in [-0.1, -0.05) is 0 Å². The highest BCUT2D eigenvalue weighted by Crippen LogP contribution is 2.25. The van der Waals surface area contributed by atoms with E-state index in [0.29, 0.717) is 43.5 Å². The van der Waals surface area contributed by atoms with E-state index in [-0.39, 0.29) is 24.1 Å². The number of pyridine rings is 3. The minimum absolute atomic E-state index is 0.00272. The van der Waals surface area contributed by atoms with E-state index < -0.39 is 6.10 Å². The van der Waals surface area contributed by atoms with E-state index in [4.69, 9.17) is 9.47 Å². The largest absolute Gasteiger partial charge is 0.495 e. The van der Waals surface area contributed by atoms with Crippen molar-refractivity contribution in [2.24, 2.45) is 0 Å². The Morgan fingerprint density at radius 2 is 2.14 bits per heavy atom. The number of β-amino-alcohol motifs (C(OH)–C–C–N with tert-alkyl or cyclic N) is 1. The molecule has 0 aromatic carbocycles. The van der Waals surface area contributed by atoms with Gasteiger partial charge in [-0.15, -0.1) is 0 Å². The molecule has 3 N–H and O–H groups in total. The monoisotopic (exact) mass is 480 g/mol. The molecule has 1 fully saturated rings. The van der Waals surface area contributed by atoms with Crippen LogP contribution in [0.4, 0.5) is 5.82 Å². The molecule has 0 spiro atoms. The van der Waals surface area contributed by atoms with Crippen molar-refractivity contribution in [1.82, 2.24) is 24.8 Å². The number of piperidine rings is 1. The van der Waals surface area contributed by atoms with E-state index in [2.05, 4.69) is 25.5 Å². The molecule has 2 aliphatic heterocycles. The minimum Gasteiger partial charge on any atom is -0.495 e. The number of anilines is 1. The van der Waals surface area contributed by atoms with Crippen molar-refractivity contribution in [3.05, 3.63) is 52.6 Å². The zero-order valence-electron chi connectivity index (χ0n) is 19.4. The highest BCUT2D eigenvalue weighted by atomic mass is 16.5. The number of nitrogens with one attached hydrogen (secondary N) is 2. The summed E-state index contributed by atoms with van der Waals surface area (Å²) in [7, 11) is 1.57. The Kier molecular flexibility index (Phi) is 6.62. The van der Waals surface area contributed by atoms with E-state index in [1.54, 1.807) is 30.0 Å². The van der Waals surface area contributed by atoms with Gasteiger partial charge >= 0.3 is 0 Å². The quantitative estimate of drug-likeness (QED) is 0.439. The summed E-state index contributed by atoms with van der Waals surface area (Å²) in [5.74, 6) is 1.36. The number of likely N-dealkylation sites (tertiary alicyclic amines) is 1. The molecule has 35 heavy (non-hydrogen) atoms. The van der Waals surface area contributed by atoms with Crippen LogP contribution in [0.1, 0.15) is 12.1 Å². The minimum atomic E-state index is -0.560. The van der Waals surface area contributed by atoms with Gasteiger partial charge in [-0.05, 0) is 31.2 Å². The van der Waals surface area contributed by atoms with E-state index in [0.717, 1.165) is 29.7 Å². The molecule has 2 atom stereocenters. The lowest BCUT2D eigenvalue weighted by Gasteiger charge is -2.36. The molecule has 1 unspecified atom stereocenters. The van der Waals surface area contributed by atoms with E-state index >= 15 is 0 Å². The van der Waals surface area contributed by atoms with Crippen molar-refractivity contribution >= 4 is 22.8 Å². The summed E-state index contributed by atoms with van der Waals surface area (Å²) in [5, 5.41) is 16.8. The van der Waals surface area contributed by atoms with Gasteiger partial charge in [-0.25, -0.2) is 4.98 Å². The van der Waals surface area contributed by atoms with Gasteiger partial charge in [0.2, 0.25) is 0 Å². The van der Waals surface area contributed by atoms with Gasteiger partial charge in [0.05, 0.1) is 36.1 Å². The molecule has 1 saturated heterocycles. The van der Waals surface area contributed by atoms with Crippen LogP contribution >= 0.6 is 0 Å². The Morgan fingerprint density at radius 3 is 2.97 bits per heavy atom. The average Bonchev–Trinajstić information content (AvgIpc) is 2.87. The number of hydrogen-bond donors (Lipinski definition) is 3. The summed E-state index contributed by atoms with van der Waals surface area (Å²) in [4.78, 5) is 35.0. The third-order valence-corrected chi connectivity index (χ3v) is 6.43. The molecule has 5 rings (SSSR count). The van der Waals surface area contributed by atoms with E-state index in [1.165, 1.54) is 6.07 Å². The van der Waals surface area contributed by atoms with Crippen molar-refractivity contribution in [2.45, 2.75) is 31.7 Å². The Bertz CT molecular complexity index is 1300. The number of ether oxygens (including phenoxy) is 2. The number of carbonyl (C=O) groups excluding carboxylic acids is 1. The van der Waals surface area contributed by atoms with Crippen LogP contribution < -0.4 is 25.7 Å². The topological polar surface area (TPSA) is 131 Å². The van der Waals surface area contributed by atoms with Gasteiger partial charge in [0, 0.05) is 44.4 Å². The maximum atomic E-state index is 12.5. The molecular formula is C24H28N6O5. The van der Waals surface area contributed by atoms with Gasteiger partial charge in [-0.3, -0.25) is 19.5 Å². The summed E-state index contributed by atoms with van der Waals surface area (Å²) >= 11 is 0. The Morgan fingerprint density at radius 1 is 1.26 bits per heavy atom. The number of rotatable bonds is 7. The summed E-state index contributed by atoms with van der Waals surface area (Å²) < 4.78 is 12.3. The molecule has 5 heterocycles. The fraction of sp³-hybridized carbons (Fsp3) is 0.417. The Labute approximate surface area is 201 Å². The van der Waals surface area contributed by atoms with Gasteiger partial charge in [0.15, 0.2) is 18.2 Å². The zero-order valence-corrected chi connectivity index (χ0v) is 19.4. The first-order valence-corrected chi connectivity index (χ1v) is 11.6. The van der Waals surface area contributed by atoms with Crippen LogP contribution in [-0.2, 0) is 17.9 Å². The lowest BCUT2D eigenvalue weighted by atomic mass is 10.0. The molecule has 184 valence electrons. The van der Waals surface area contributed by atoms with Crippen LogP contribution in [0.2, 0.25) is 0 Å². The number of amides is 1. The number of fused-ring (bicyclic) bond motifs is 2. The standard InChI is InChI=1S/C24H28N6O5/c1-34-16-10-19-17(26-12-16)3-5-23(33)30(19)9-8-29-7-6-18(20(31)13-29)25-11-15-2-4-21-24(27-15)28-22(32)14-35-21/h2-5,10,12,18,20,25,31H,6-9,11,13-14H2,1H3,(H,27,28,32)/t18?,20-/m1/s1. The second kappa shape index (κ2) is 9.98. The molecule has 0 aliphatic carbocycles. The number of aromatic nitrogens is 3. The normalized spacial score (nSPS) is 20.2. The van der Waals surface area contributed by atoms with Crippen molar-refractivity contribution in [3.63, 3.8) is 0 Å². The fourth-order valence-electron chi connectivity index (χ4n) is 4.51. The Hall–Kier alpha value is -3.54. The van der Waals surface area contributed by atoms with Crippen LogP contribution in [-0.4, -0.2) is 75.9 Å². The number of aliphatic hydroxyl groups excluding tert-OH is 1. The van der Waals surface area contributed by atoms with Crippen LogP contribution in [0.5, 0.6) is 11.5 Å². The summed E-state index contributed by atoms with van der Waals surface area (Å²) in [6.45, 7) is 2.87. The second-order valence-corrected chi connectivity index (χ2v) is 8.73. The summed E-state index contributed by atoms with van der Waals surface area (Å²) in [5.41, 5.74) is 2.12. The SMILES string of the molecule is COc1cnc2ccc(=O)n(CCN3CCC(NCc4ccc5c(n4)NC(=O)CO5)[C@H](O)C3)c2c1. The molecule has 11 nitrogen and oxygen atoms in total. The number of hydrogen-bond acceptors (Lipinski definition) is 9. The number of methoxy groups -OCH3 is 1. The van der Waals surface area contributed by atoms with Crippen molar-refractivity contribution < 1.29 is 19.4 Å². The number of aliphatic hydroxyl groups is 1. The average molecular weight is 481 g/mol. The molecule has 0 bridgehead atoms. The smallest absolute Gasteiger partial charge is 0.263 e.